The van der Waals surface area contributed by atoms with Crippen LogP contribution in [0.25, 0.3) is 0 Å². The molecule has 2 N–H and O–H groups in total. The number of methoxy groups -OCH3 is 3. The van der Waals surface area contributed by atoms with Gasteiger partial charge < -0.3 is 24.6 Å². The smallest absolute Gasteiger partial charge is 0.356 e. The summed E-state index contributed by atoms with van der Waals surface area (Å²) in [5.41, 5.74) is -0.0206. The molecular formula is C17H18N2O7S. The van der Waals surface area contributed by atoms with Gasteiger partial charge >= 0.3 is 5.97 Å². The van der Waals surface area contributed by atoms with Crippen LogP contribution in [0.5, 0.6) is 11.5 Å². The van der Waals surface area contributed by atoms with Gasteiger partial charge in [-0.15, -0.1) is 11.8 Å². The molecule has 3 rings (SSSR count). The molecule has 2 heterocycles. The Morgan fingerprint density at radius 3 is 2.33 bits per heavy atom. The Hall–Kier alpha value is -2.88. The maximum Gasteiger partial charge on any atom is 0.356 e. The summed E-state index contributed by atoms with van der Waals surface area (Å²) >= 11 is 1.32. The third kappa shape index (κ3) is 3.05. The molecule has 0 saturated carbocycles. The van der Waals surface area contributed by atoms with Gasteiger partial charge in [0.2, 0.25) is 0 Å². The average Bonchev–Trinajstić information content (AvgIpc) is 2.69. The van der Waals surface area contributed by atoms with Gasteiger partial charge in [0.1, 0.15) is 34.2 Å². The first-order valence-electron chi connectivity index (χ1n) is 7.91. The normalized spacial score (nSPS) is 21.1. The number of carboxylic acid groups (broad SMARTS) is 1. The average molecular weight is 394 g/mol. The lowest BCUT2D eigenvalue weighted by Gasteiger charge is -2.48. The van der Waals surface area contributed by atoms with Crippen molar-refractivity contribution in [3.63, 3.8) is 0 Å². The van der Waals surface area contributed by atoms with Crippen LogP contribution in [0.15, 0.2) is 29.7 Å². The largest absolute Gasteiger partial charge is 0.498 e. The van der Waals surface area contributed by atoms with Crippen LogP contribution in [0, 0.1) is 0 Å². The molecule has 9 nitrogen and oxygen atoms in total. The van der Waals surface area contributed by atoms with Gasteiger partial charge in [0.25, 0.3) is 11.8 Å². The van der Waals surface area contributed by atoms with Gasteiger partial charge in [-0.3, -0.25) is 14.5 Å². The summed E-state index contributed by atoms with van der Waals surface area (Å²) < 4.78 is 15.5. The third-order valence-corrected chi connectivity index (χ3v) is 5.58. The van der Waals surface area contributed by atoms with Gasteiger partial charge in [-0.1, -0.05) is 6.07 Å². The second-order valence-corrected chi connectivity index (χ2v) is 6.78. The Balaban J connectivity index is 1.84. The standard InChI is InChI=1S/C17H18N2O7S/c1-24-8-5-4-6-9(25-2)11(8)14(20)18-12-15(21)19-13(17(22)23)10(26-3)7-27-16(12)19/h4-6,12,16H,7H2,1-3H3,(H,18,20)(H,22,23)/t12-,16-/m1/s1. The number of hydrogen-bond donors (Lipinski definition) is 2. The van der Waals surface area contributed by atoms with Crippen molar-refractivity contribution in [2.75, 3.05) is 27.1 Å². The molecule has 27 heavy (non-hydrogen) atoms. The van der Waals surface area contributed by atoms with E-state index in [1.165, 1.54) is 33.1 Å². The maximum absolute atomic E-state index is 12.8. The Kier molecular flexibility index (Phi) is 5.17. The van der Waals surface area contributed by atoms with E-state index in [1.54, 1.807) is 18.2 Å². The highest BCUT2D eigenvalue weighted by Gasteiger charge is 2.55. The summed E-state index contributed by atoms with van der Waals surface area (Å²) in [6, 6.07) is 4.04. The van der Waals surface area contributed by atoms with E-state index in [0.29, 0.717) is 11.5 Å². The zero-order chi connectivity index (χ0) is 19.7. The number of ether oxygens (including phenoxy) is 3. The van der Waals surface area contributed by atoms with E-state index in [9.17, 15) is 19.5 Å². The van der Waals surface area contributed by atoms with Crippen molar-refractivity contribution in [1.29, 1.82) is 0 Å². The van der Waals surface area contributed by atoms with E-state index >= 15 is 0 Å². The van der Waals surface area contributed by atoms with Crippen molar-refractivity contribution in [3.05, 3.63) is 35.2 Å². The minimum atomic E-state index is -1.25. The number of carbonyl (C=O) groups excluding carboxylic acids is 2. The van der Waals surface area contributed by atoms with Crippen LogP contribution in [-0.4, -0.2) is 66.3 Å². The summed E-state index contributed by atoms with van der Waals surface area (Å²) in [5.74, 6) is -1.19. The van der Waals surface area contributed by atoms with Gasteiger partial charge in [-0.25, -0.2) is 4.79 Å². The lowest BCUT2D eigenvalue weighted by molar-refractivity contribution is -0.149. The monoisotopic (exact) mass is 394 g/mol. The first kappa shape index (κ1) is 18.9. The van der Waals surface area contributed by atoms with E-state index in [0.717, 1.165) is 4.90 Å². The fourth-order valence-corrected chi connectivity index (χ4v) is 4.35. The van der Waals surface area contributed by atoms with Crippen molar-refractivity contribution >= 4 is 29.5 Å². The number of aliphatic carboxylic acids is 1. The Morgan fingerprint density at radius 1 is 1.19 bits per heavy atom. The number of carboxylic acids is 1. The quantitative estimate of drug-likeness (QED) is 0.677. The minimum Gasteiger partial charge on any atom is -0.498 e. The second kappa shape index (κ2) is 7.39. The van der Waals surface area contributed by atoms with E-state index < -0.39 is 29.2 Å². The van der Waals surface area contributed by atoms with Crippen molar-refractivity contribution in [3.8, 4) is 11.5 Å². The van der Waals surface area contributed by atoms with Crippen LogP contribution in [0.3, 0.4) is 0 Å². The topological polar surface area (TPSA) is 114 Å². The highest BCUT2D eigenvalue weighted by Crippen LogP contribution is 2.40. The second-order valence-electron chi connectivity index (χ2n) is 5.68. The number of β-lactam (4-membered cyclic amide) rings is 1. The van der Waals surface area contributed by atoms with Crippen molar-refractivity contribution in [2.45, 2.75) is 11.4 Å². The zero-order valence-electron chi connectivity index (χ0n) is 14.8. The molecule has 0 unspecified atom stereocenters. The Morgan fingerprint density at radius 2 is 1.81 bits per heavy atom. The lowest BCUT2D eigenvalue weighted by Crippen LogP contribution is -2.70. The fourth-order valence-electron chi connectivity index (χ4n) is 3.04. The Labute approximate surface area is 159 Å². The molecule has 10 heteroatoms. The number of nitrogens with zero attached hydrogens (tertiary/aromatic N) is 1. The summed E-state index contributed by atoms with van der Waals surface area (Å²) in [7, 11) is 4.21. The number of rotatable bonds is 6. The van der Waals surface area contributed by atoms with Crippen LogP contribution in [0.4, 0.5) is 0 Å². The van der Waals surface area contributed by atoms with Gasteiger partial charge in [-0.2, -0.15) is 0 Å². The highest BCUT2D eigenvalue weighted by molar-refractivity contribution is 8.00. The van der Waals surface area contributed by atoms with Gasteiger partial charge in [-0.05, 0) is 12.1 Å². The number of nitrogens with one attached hydrogen (secondary N) is 1. The molecule has 1 aromatic carbocycles. The predicted molar refractivity (Wildman–Crippen MR) is 95.6 cm³/mol. The molecule has 2 aliphatic rings. The first-order chi connectivity index (χ1) is 12.9. The molecule has 1 saturated heterocycles. The molecule has 0 aliphatic carbocycles. The van der Waals surface area contributed by atoms with Crippen LogP contribution < -0.4 is 14.8 Å². The van der Waals surface area contributed by atoms with E-state index in [-0.39, 0.29) is 22.8 Å². The summed E-state index contributed by atoms with van der Waals surface area (Å²) in [5, 5.41) is 11.5. The summed E-state index contributed by atoms with van der Waals surface area (Å²) in [6.45, 7) is 0. The molecule has 2 atom stereocenters. The van der Waals surface area contributed by atoms with Gasteiger partial charge in [0, 0.05) is 0 Å². The predicted octanol–water partition coefficient (Wildman–Crippen LogP) is 0.660. The third-order valence-electron chi connectivity index (χ3n) is 4.32. The van der Waals surface area contributed by atoms with Crippen LogP contribution in [0.1, 0.15) is 10.4 Å². The lowest BCUT2D eigenvalue weighted by atomic mass is 10.0. The molecule has 1 aromatic rings. The van der Waals surface area contributed by atoms with E-state index in [4.69, 9.17) is 14.2 Å². The highest BCUT2D eigenvalue weighted by atomic mass is 32.2. The van der Waals surface area contributed by atoms with E-state index in [1.807, 2.05) is 0 Å². The number of hydrogen-bond acceptors (Lipinski definition) is 7. The van der Waals surface area contributed by atoms with Crippen molar-refractivity contribution in [2.24, 2.45) is 0 Å². The molecule has 1 fully saturated rings. The minimum absolute atomic E-state index is 0.168. The Bertz CT molecular complexity index is 816. The zero-order valence-corrected chi connectivity index (χ0v) is 15.7. The molecule has 0 aromatic heterocycles. The maximum atomic E-state index is 12.8. The molecular weight excluding hydrogens is 376 g/mol. The van der Waals surface area contributed by atoms with Crippen LogP contribution in [-0.2, 0) is 14.3 Å². The van der Waals surface area contributed by atoms with E-state index in [2.05, 4.69) is 5.32 Å². The fraction of sp³-hybridized carbons (Fsp3) is 0.353. The van der Waals surface area contributed by atoms with Gasteiger partial charge in [0.15, 0.2) is 5.70 Å². The van der Waals surface area contributed by atoms with Crippen LogP contribution >= 0.6 is 11.8 Å². The molecule has 0 spiro atoms. The molecule has 0 bridgehead atoms. The summed E-state index contributed by atoms with van der Waals surface area (Å²) in [4.78, 5) is 37.9. The van der Waals surface area contributed by atoms with Crippen LogP contribution in [0.2, 0.25) is 0 Å². The number of amides is 2. The number of thioether (sulfide) groups is 1. The number of benzene rings is 1. The SMILES string of the molecule is COC1=C(C(=O)O)N2C(=O)[C@@H](NC(=O)c3c(OC)cccc3OC)[C@H]2SC1. The molecule has 0 radical (unpaired) electrons. The molecule has 2 aliphatic heterocycles. The van der Waals surface area contributed by atoms with Gasteiger partial charge in [0.05, 0.1) is 27.1 Å². The molecule has 2 amide bonds. The molecule has 144 valence electrons. The first-order valence-corrected chi connectivity index (χ1v) is 8.96. The summed E-state index contributed by atoms with van der Waals surface area (Å²) in [6.07, 6.45) is 0. The number of carbonyl (C=O) groups is 3. The number of fused-ring (bicyclic) bond motifs is 1. The van der Waals surface area contributed by atoms with Crippen molar-refractivity contribution < 1.29 is 33.7 Å². The van der Waals surface area contributed by atoms with Crippen molar-refractivity contribution in [1.82, 2.24) is 10.2 Å².